The van der Waals surface area contributed by atoms with E-state index in [9.17, 15) is 9.59 Å². The molecule has 2 aromatic heterocycles. The Kier molecular flexibility index (Phi) is 7.07. The molecule has 4 rings (SSSR count). The standard InChI is InChI=1S/C26H31N5O2S/c1-6-14-30-24(33)20-10-7-8-13-21(20)31-25(30)28-29-26(31)34-15-22(32)27-23-18(16(2)3)11-9-12-19(23)17(4)5/h7-13,16-17H,6,14-15H2,1-5H3,(H,27,32). The molecule has 4 aromatic rings. The van der Waals surface area contributed by atoms with Crippen molar-refractivity contribution in [1.82, 2.24) is 19.2 Å². The summed E-state index contributed by atoms with van der Waals surface area (Å²) >= 11 is 1.32. The topological polar surface area (TPSA) is 81.3 Å². The first-order chi connectivity index (χ1) is 16.3. The van der Waals surface area contributed by atoms with E-state index in [1.165, 1.54) is 11.8 Å². The Balaban J connectivity index is 1.66. The highest BCUT2D eigenvalue weighted by Gasteiger charge is 2.19. The summed E-state index contributed by atoms with van der Waals surface area (Å²) in [5, 5.41) is 13.0. The third kappa shape index (κ3) is 4.46. The monoisotopic (exact) mass is 477 g/mol. The number of benzene rings is 2. The maximum atomic E-state index is 13.0. The molecule has 2 aromatic carbocycles. The van der Waals surface area contributed by atoms with Crippen LogP contribution in [0.25, 0.3) is 16.7 Å². The largest absolute Gasteiger partial charge is 0.325 e. The molecule has 1 amide bonds. The Morgan fingerprint density at radius 1 is 1.00 bits per heavy atom. The van der Waals surface area contributed by atoms with Crippen LogP contribution in [0.5, 0.6) is 0 Å². The van der Waals surface area contributed by atoms with Crippen molar-refractivity contribution in [2.24, 2.45) is 0 Å². The van der Waals surface area contributed by atoms with E-state index < -0.39 is 0 Å². The highest BCUT2D eigenvalue weighted by Crippen LogP contribution is 2.32. The Morgan fingerprint density at radius 3 is 2.32 bits per heavy atom. The van der Waals surface area contributed by atoms with Gasteiger partial charge in [0.05, 0.1) is 16.7 Å². The van der Waals surface area contributed by atoms with E-state index in [1.807, 2.05) is 35.6 Å². The van der Waals surface area contributed by atoms with Gasteiger partial charge in [-0.05, 0) is 41.5 Å². The summed E-state index contributed by atoms with van der Waals surface area (Å²) < 4.78 is 3.54. The molecule has 178 valence electrons. The molecule has 8 heteroatoms. The fourth-order valence-electron chi connectivity index (χ4n) is 4.25. The first kappa shape index (κ1) is 24.0. The quantitative estimate of drug-likeness (QED) is 0.342. The number of amides is 1. The van der Waals surface area contributed by atoms with E-state index >= 15 is 0 Å². The number of aryl methyl sites for hydroxylation is 1. The van der Waals surface area contributed by atoms with E-state index in [-0.39, 0.29) is 17.2 Å². The summed E-state index contributed by atoms with van der Waals surface area (Å²) in [5.74, 6) is 1.18. The SMILES string of the molecule is CCCn1c(=O)c2ccccc2n2c(SCC(=O)Nc3c(C(C)C)cccc3C(C)C)nnc12. The highest BCUT2D eigenvalue weighted by atomic mass is 32.2. The van der Waals surface area contributed by atoms with Crippen molar-refractivity contribution in [2.45, 2.75) is 64.6 Å². The molecular weight excluding hydrogens is 446 g/mol. The van der Waals surface area contributed by atoms with Crippen molar-refractivity contribution in [3.8, 4) is 0 Å². The summed E-state index contributed by atoms with van der Waals surface area (Å²) in [6.07, 6.45) is 0.805. The number of aromatic nitrogens is 4. The second kappa shape index (κ2) is 10.0. The van der Waals surface area contributed by atoms with Crippen LogP contribution < -0.4 is 10.9 Å². The summed E-state index contributed by atoms with van der Waals surface area (Å²) in [6.45, 7) is 11.1. The van der Waals surface area contributed by atoms with E-state index in [2.05, 4.69) is 61.4 Å². The van der Waals surface area contributed by atoms with Crippen LogP contribution in [0.2, 0.25) is 0 Å². The van der Waals surface area contributed by atoms with Gasteiger partial charge in [0.1, 0.15) is 0 Å². The van der Waals surface area contributed by atoms with Gasteiger partial charge in [0.25, 0.3) is 5.56 Å². The number of thioether (sulfide) groups is 1. The summed E-state index contributed by atoms with van der Waals surface area (Å²) in [6, 6.07) is 13.7. The average molecular weight is 478 g/mol. The number of fused-ring (bicyclic) bond motifs is 3. The zero-order chi connectivity index (χ0) is 24.4. The predicted octanol–water partition coefficient (Wildman–Crippen LogP) is 5.43. The molecular formula is C26H31N5O2S. The lowest BCUT2D eigenvalue weighted by molar-refractivity contribution is -0.113. The Hall–Kier alpha value is -3.13. The molecule has 0 bridgehead atoms. The second-order valence-electron chi connectivity index (χ2n) is 9.05. The van der Waals surface area contributed by atoms with Crippen molar-refractivity contribution < 1.29 is 4.79 Å². The zero-order valence-corrected chi connectivity index (χ0v) is 21.1. The van der Waals surface area contributed by atoms with Crippen LogP contribution in [-0.2, 0) is 11.3 Å². The Bertz CT molecular complexity index is 1380. The fraction of sp³-hybridized carbons (Fsp3) is 0.385. The molecule has 0 saturated heterocycles. The first-order valence-electron chi connectivity index (χ1n) is 11.8. The molecule has 0 spiro atoms. The average Bonchev–Trinajstić information content (AvgIpc) is 3.24. The smallest absolute Gasteiger partial charge is 0.262 e. The maximum absolute atomic E-state index is 13.0. The number of carbonyl (C=O) groups is 1. The molecule has 1 N–H and O–H groups in total. The number of hydrogen-bond donors (Lipinski definition) is 1. The van der Waals surface area contributed by atoms with Gasteiger partial charge < -0.3 is 5.32 Å². The Morgan fingerprint density at radius 2 is 1.68 bits per heavy atom. The minimum Gasteiger partial charge on any atom is -0.325 e. The zero-order valence-electron chi connectivity index (χ0n) is 20.3. The van der Waals surface area contributed by atoms with Gasteiger partial charge in [-0.1, -0.05) is 76.7 Å². The lowest BCUT2D eigenvalue weighted by Gasteiger charge is -2.20. The molecule has 34 heavy (non-hydrogen) atoms. The van der Waals surface area contributed by atoms with Crippen LogP contribution in [0.15, 0.2) is 52.4 Å². The van der Waals surface area contributed by atoms with Crippen molar-refractivity contribution in [2.75, 3.05) is 11.1 Å². The molecule has 0 aliphatic rings. The van der Waals surface area contributed by atoms with Gasteiger partial charge in [0.2, 0.25) is 11.7 Å². The van der Waals surface area contributed by atoms with Gasteiger partial charge in [-0.2, -0.15) is 0 Å². The lowest BCUT2D eigenvalue weighted by atomic mass is 9.92. The van der Waals surface area contributed by atoms with Crippen molar-refractivity contribution in [3.05, 3.63) is 63.9 Å². The van der Waals surface area contributed by atoms with Gasteiger partial charge in [0.15, 0.2) is 5.16 Å². The van der Waals surface area contributed by atoms with Crippen LogP contribution >= 0.6 is 11.8 Å². The first-order valence-corrected chi connectivity index (χ1v) is 12.7. The second-order valence-corrected chi connectivity index (χ2v) is 9.99. The summed E-state index contributed by atoms with van der Waals surface area (Å²) in [7, 11) is 0. The number of rotatable bonds is 8. The summed E-state index contributed by atoms with van der Waals surface area (Å²) in [4.78, 5) is 26.0. The molecule has 2 heterocycles. The maximum Gasteiger partial charge on any atom is 0.262 e. The molecule has 0 aliphatic carbocycles. The van der Waals surface area contributed by atoms with Gasteiger partial charge in [-0.15, -0.1) is 10.2 Å². The van der Waals surface area contributed by atoms with Crippen LogP contribution in [0.3, 0.4) is 0 Å². The Labute approximate surface area is 203 Å². The predicted molar refractivity (Wildman–Crippen MR) is 139 cm³/mol. The lowest BCUT2D eigenvalue weighted by Crippen LogP contribution is -2.23. The minimum atomic E-state index is -0.0945. The van der Waals surface area contributed by atoms with Crippen molar-refractivity contribution in [3.63, 3.8) is 0 Å². The van der Waals surface area contributed by atoms with E-state index in [1.54, 1.807) is 4.57 Å². The van der Waals surface area contributed by atoms with E-state index in [4.69, 9.17) is 0 Å². The molecule has 0 aliphatic heterocycles. The fourth-order valence-corrected chi connectivity index (χ4v) is 4.99. The van der Waals surface area contributed by atoms with Crippen LogP contribution in [-0.4, -0.2) is 30.8 Å². The molecule has 0 saturated carbocycles. The number of carbonyl (C=O) groups excluding carboxylic acids is 1. The van der Waals surface area contributed by atoms with Gasteiger partial charge in [-0.3, -0.25) is 18.6 Å². The van der Waals surface area contributed by atoms with Gasteiger partial charge >= 0.3 is 0 Å². The van der Waals surface area contributed by atoms with Crippen LogP contribution in [0.1, 0.15) is 64.0 Å². The van der Waals surface area contributed by atoms with Crippen molar-refractivity contribution in [1.29, 1.82) is 0 Å². The number of nitrogens with one attached hydrogen (secondary N) is 1. The molecule has 0 unspecified atom stereocenters. The highest BCUT2D eigenvalue weighted by molar-refractivity contribution is 7.99. The molecule has 0 fully saturated rings. The van der Waals surface area contributed by atoms with Gasteiger partial charge in [-0.25, -0.2) is 0 Å². The van der Waals surface area contributed by atoms with E-state index in [0.29, 0.717) is 34.7 Å². The number of nitrogens with zero attached hydrogens (tertiary/aromatic N) is 4. The number of para-hydroxylation sites is 2. The third-order valence-corrected chi connectivity index (χ3v) is 6.82. The van der Waals surface area contributed by atoms with Crippen molar-refractivity contribution >= 4 is 40.0 Å². The van der Waals surface area contributed by atoms with Gasteiger partial charge in [0, 0.05) is 12.2 Å². The molecule has 7 nitrogen and oxygen atoms in total. The molecule has 0 atom stereocenters. The third-order valence-electron chi connectivity index (χ3n) is 5.90. The number of anilines is 1. The van der Waals surface area contributed by atoms with Crippen LogP contribution in [0.4, 0.5) is 5.69 Å². The van der Waals surface area contributed by atoms with E-state index in [0.717, 1.165) is 28.8 Å². The van der Waals surface area contributed by atoms with Crippen LogP contribution in [0, 0.1) is 0 Å². The number of hydrogen-bond acceptors (Lipinski definition) is 5. The minimum absolute atomic E-state index is 0.0712. The molecule has 0 radical (unpaired) electrons. The summed E-state index contributed by atoms with van der Waals surface area (Å²) in [5.41, 5.74) is 3.85. The normalized spacial score (nSPS) is 11.7.